The minimum absolute atomic E-state index is 0.00368. The summed E-state index contributed by atoms with van der Waals surface area (Å²) in [6.07, 6.45) is 2.44. The average Bonchev–Trinajstić information content (AvgIpc) is 3.28. The maximum absolute atomic E-state index is 13.4. The topological polar surface area (TPSA) is 88.7 Å². The number of carbonyl (C=O) groups excluding carboxylic acids is 2. The second kappa shape index (κ2) is 7.50. The molecule has 3 atom stereocenters. The van der Waals surface area contributed by atoms with E-state index in [-0.39, 0.29) is 52.7 Å². The Morgan fingerprint density at radius 3 is 2.86 bits per heavy atom. The van der Waals surface area contributed by atoms with Gasteiger partial charge in [-0.25, -0.2) is 4.39 Å². The molecule has 3 aliphatic carbocycles. The van der Waals surface area contributed by atoms with Crippen LogP contribution in [0.1, 0.15) is 26.2 Å². The Balaban J connectivity index is 1.25. The summed E-state index contributed by atoms with van der Waals surface area (Å²) >= 11 is 5.63. The average molecular weight is 412 g/mol. The highest BCUT2D eigenvalue weighted by molar-refractivity contribution is 6.30. The predicted octanol–water partition coefficient (Wildman–Crippen LogP) is 1.55. The number of benzene rings is 1. The van der Waals surface area contributed by atoms with Crippen molar-refractivity contribution >= 4 is 23.4 Å². The fourth-order valence-corrected chi connectivity index (χ4v) is 4.54. The molecule has 1 saturated heterocycles. The zero-order chi connectivity index (χ0) is 19.9. The summed E-state index contributed by atoms with van der Waals surface area (Å²) in [5.41, 5.74) is 2.57. The van der Waals surface area contributed by atoms with Gasteiger partial charge in [0.2, 0.25) is 5.91 Å². The normalized spacial score (nSPS) is 33.2. The molecule has 0 spiro atoms. The number of halogens is 2. The summed E-state index contributed by atoms with van der Waals surface area (Å²) in [6.45, 7) is 2.09. The Morgan fingerprint density at radius 2 is 2.18 bits per heavy atom. The van der Waals surface area contributed by atoms with Crippen molar-refractivity contribution in [3.63, 3.8) is 0 Å². The largest absolute Gasteiger partial charge is 0.484 e. The lowest BCUT2D eigenvalue weighted by atomic mass is 9.76. The van der Waals surface area contributed by atoms with Crippen molar-refractivity contribution in [1.82, 2.24) is 16.1 Å². The molecule has 0 aromatic heterocycles. The minimum atomic E-state index is -0.592. The first-order valence-corrected chi connectivity index (χ1v) is 9.80. The third-order valence-corrected chi connectivity index (χ3v) is 6.26. The molecule has 2 amide bonds. The van der Waals surface area contributed by atoms with Crippen molar-refractivity contribution in [2.45, 2.75) is 43.8 Å². The van der Waals surface area contributed by atoms with E-state index >= 15 is 0 Å². The van der Waals surface area contributed by atoms with Crippen LogP contribution in [0.5, 0.6) is 5.75 Å². The van der Waals surface area contributed by atoms with Gasteiger partial charge in [-0.2, -0.15) is 5.48 Å². The lowest BCUT2D eigenvalue weighted by molar-refractivity contribution is -0.128. The number of hydrogen-bond donors (Lipinski definition) is 3. The summed E-state index contributed by atoms with van der Waals surface area (Å²) in [4.78, 5) is 29.8. The van der Waals surface area contributed by atoms with Crippen molar-refractivity contribution in [3.05, 3.63) is 29.0 Å². The lowest BCUT2D eigenvalue weighted by Crippen LogP contribution is -2.54. The van der Waals surface area contributed by atoms with Gasteiger partial charge in [-0.3, -0.25) is 9.59 Å². The van der Waals surface area contributed by atoms with Crippen LogP contribution in [-0.2, 0) is 14.4 Å². The summed E-state index contributed by atoms with van der Waals surface area (Å²) in [6, 6.07) is 4.04. The van der Waals surface area contributed by atoms with Crippen molar-refractivity contribution in [1.29, 1.82) is 0 Å². The fraction of sp³-hybridized carbons (Fsp3) is 0.579. The van der Waals surface area contributed by atoms with Gasteiger partial charge in [0.15, 0.2) is 6.61 Å². The van der Waals surface area contributed by atoms with Crippen LogP contribution in [0.4, 0.5) is 4.39 Å². The molecule has 5 rings (SSSR count). The van der Waals surface area contributed by atoms with E-state index in [1.54, 1.807) is 0 Å². The van der Waals surface area contributed by atoms with Gasteiger partial charge in [0.1, 0.15) is 11.6 Å². The monoisotopic (exact) mass is 411 g/mol. The smallest absolute Gasteiger partial charge is 0.258 e. The molecule has 4 aliphatic rings. The zero-order valence-electron chi connectivity index (χ0n) is 15.5. The van der Waals surface area contributed by atoms with E-state index in [9.17, 15) is 14.0 Å². The molecule has 2 bridgehead atoms. The van der Waals surface area contributed by atoms with Gasteiger partial charge in [0.25, 0.3) is 5.91 Å². The summed E-state index contributed by atoms with van der Waals surface area (Å²) in [7, 11) is 0. The number of fused-ring (bicyclic) bond motifs is 1. The summed E-state index contributed by atoms with van der Waals surface area (Å²) in [5.74, 6) is -0.459. The van der Waals surface area contributed by atoms with Crippen LogP contribution in [0, 0.1) is 17.7 Å². The number of rotatable bonds is 6. The van der Waals surface area contributed by atoms with E-state index in [0.29, 0.717) is 18.9 Å². The highest BCUT2D eigenvalue weighted by atomic mass is 35.5. The van der Waals surface area contributed by atoms with Crippen LogP contribution in [0.25, 0.3) is 0 Å². The van der Waals surface area contributed by atoms with E-state index in [2.05, 4.69) is 16.1 Å². The second-order valence-corrected chi connectivity index (χ2v) is 8.41. The Kier molecular flexibility index (Phi) is 5.20. The number of hydrogen-bond acceptors (Lipinski definition) is 5. The highest BCUT2D eigenvalue weighted by Crippen LogP contribution is 2.52. The molecule has 152 valence electrons. The van der Waals surface area contributed by atoms with E-state index in [1.807, 2.05) is 6.92 Å². The standard InChI is InChI=1S/C19H23ClFN3O4/c1-10-13(8-28-24-10)18(26)23-19-5-11(6-19)16(7-19)22-17(25)9-27-12-2-3-14(20)15(21)4-12/h2-4,10-11,13,16,24H,5-9H2,1H3,(H,22,25)(H,23,26). The Hall–Kier alpha value is -1.90. The third-order valence-electron chi connectivity index (χ3n) is 5.95. The van der Waals surface area contributed by atoms with E-state index in [4.69, 9.17) is 21.2 Å². The third kappa shape index (κ3) is 3.81. The van der Waals surface area contributed by atoms with Crippen molar-refractivity contribution < 1.29 is 23.6 Å². The molecular formula is C19H23ClFN3O4. The van der Waals surface area contributed by atoms with Crippen LogP contribution in [0.15, 0.2) is 18.2 Å². The van der Waals surface area contributed by atoms with E-state index in [0.717, 1.165) is 18.9 Å². The van der Waals surface area contributed by atoms with Gasteiger partial charge in [0.05, 0.1) is 17.5 Å². The lowest BCUT2D eigenvalue weighted by Gasteiger charge is -2.39. The first-order valence-electron chi connectivity index (χ1n) is 9.42. The predicted molar refractivity (Wildman–Crippen MR) is 99.1 cm³/mol. The number of ether oxygens (including phenoxy) is 1. The Morgan fingerprint density at radius 1 is 1.39 bits per heavy atom. The number of hydroxylamine groups is 1. The quantitative estimate of drug-likeness (QED) is 0.661. The number of nitrogens with one attached hydrogen (secondary N) is 3. The van der Waals surface area contributed by atoms with Crippen molar-refractivity contribution in [2.24, 2.45) is 11.8 Å². The van der Waals surface area contributed by atoms with E-state index < -0.39 is 5.82 Å². The van der Waals surface area contributed by atoms with Crippen LogP contribution < -0.4 is 20.9 Å². The number of amides is 2. The Bertz CT molecular complexity index is 786. The minimum Gasteiger partial charge on any atom is -0.484 e. The Labute approximate surface area is 167 Å². The SMILES string of the molecule is CC1NOCC1C(=O)NC12CC(C1)C(NC(=O)COc1ccc(Cl)c(F)c1)C2. The van der Waals surface area contributed by atoms with Gasteiger partial charge < -0.3 is 20.2 Å². The molecule has 1 heterocycles. The zero-order valence-corrected chi connectivity index (χ0v) is 16.2. The van der Waals surface area contributed by atoms with Gasteiger partial charge >= 0.3 is 0 Å². The molecule has 3 N–H and O–H groups in total. The van der Waals surface area contributed by atoms with Gasteiger partial charge in [-0.1, -0.05) is 11.6 Å². The molecule has 7 nitrogen and oxygen atoms in total. The maximum Gasteiger partial charge on any atom is 0.258 e. The molecule has 9 heteroatoms. The fourth-order valence-electron chi connectivity index (χ4n) is 4.42. The van der Waals surface area contributed by atoms with Gasteiger partial charge in [0, 0.05) is 23.7 Å². The van der Waals surface area contributed by atoms with Crippen LogP contribution in [0.2, 0.25) is 5.02 Å². The van der Waals surface area contributed by atoms with Crippen LogP contribution in [-0.4, -0.2) is 42.7 Å². The van der Waals surface area contributed by atoms with Crippen molar-refractivity contribution in [3.8, 4) is 5.75 Å². The highest BCUT2D eigenvalue weighted by Gasteiger charge is 2.57. The summed E-state index contributed by atoms with van der Waals surface area (Å²) < 4.78 is 18.7. The first-order chi connectivity index (χ1) is 13.3. The second-order valence-electron chi connectivity index (χ2n) is 8.00. The van der Waals surface area contributed by atoms with Crippen molar-refractivity contribution in [2.75, 3.05) is 13.2 Å². The van der Waals surface area contributed by atoms with E-state index in [1.165, 1.54) is 12.1 Å². The molecule has 1 aromatic carbocycles. The molecule has 1 aromatic rings. The number of carbonyl (C=O) groups is 2. The molecule has 3 saturated carbocycles. The molecular weight excluding hydrogens is 389 g/mol. The summed E-state index contributed by atoms with van der Waals surface area (Å²) in [5, 5.41) is 6.15. The maximum atomic E-state index is 13.4. The molecule has 28 heavy (non-hydrogen) atoms. The van der Waals surface area contributed by atoms with Crippen LogP contribution in [0.3, 0.4) is 0 Å². The molecule has 4 fully saturated rings. The molecule has 0 radical (unpaired) electrons. The molecule has 1 aliphatic heterocycles. The van der Waals surface area contributed by atoms with Crippen LogP contribution >= 0.6 is 11.6 Å². The molecule has 3 unspecified atom stereocenters. The first kappa shape index (κ1) is 19.4. The van der Waals surface area contributed by atoms with Gasteiger partial charge in [-0.05, 0) is 44.2 Å². The van der Waals surface area contributed by atoms with Gasteiger partial charge in [-0.15, -0.1) is 0 Å².